The standard InChI is InChI=1S/C16H21NO3/c1-2-15(18)17-14(16(19)20)8-13-11-4-9-3-10(6-11)7-12(13)5-9/h1,9-14H,3-8H2,(H,17,18)(H,19,20). The van der Waals surface area contributed by atoms with Gasteiger partial charge in [0.05, 0.1) is 0 Å². The van der Waals surface area contributed by atoms with Gasteiger partial charge in [-0.1, -0.05) is 0 Å². The first kappa shape index (κ1) is 13.5. The van der Waals surface area contributed by atoms with Gasteiger partial charge in [0.25, 0.3) is 5.91 Å². The topological polar surface area (TPSA) is 66.4 Å². The molecule has 1 unspecified atom stereocenters. The monoisotopic (exact) mass is 275 g/mol. The lowest BCUT2D eigenvalue weighted by Crippen LogP contribution is -2.49. The predicted molar refractivity (Wildman–Crippen MR) is 73.6 cm³/mol. The molecule has 4 bridgehead atoms. The van der Waals surface area contributed by atoms with Crippen LogP contribution in [0.1, 0.15) is 38.5 Å². The maximum absolute atomic E-state index is 11.3. The third kappa shape index (κ3) is 2.42. The summed E-state index contributed by atoms with van der Waals surface area (Å²) in [6, 6.07) is -0.832. The molecule has 0 aromatic rings. The van der Waals surface area contributed by atoms with Crippen LogP contribution >= 0.6 is 0 Å². The fraction of sp³-hybridized carbons (Fsp3) is 0.750. The number of hydrogen-bond donors (Lipinski definition) is 2. The van der Waals surface area contributed by atoms with Crippen molar-refractivity contribution < 1.29 is 14.7 Å². The Morgan fingerprint density at radius 3 is 2.15 bits per heavy atom. The van der Waals surface area contributed by atoms with Crippen molar-refractivity contribution in [2.45, 2.75) is 44.6 Å². The number of amides is 1. The van der Waals surface area contributed by atoms with Crippen LogP contribution in [0.3, 0.4) is 0 Å². The van der Waals surface area contributed by atoms with E-state index in [2.05, 4.69) is 5.32 Å². The van der Waals surface area contributed by atoms with Gasteiger partial charge >= 0.3 is 5.97 Å². The molecule has 4 heteroatoms. The van der Waals surface area contributed by atoms with Crippen molar-refractivity contribution in [1.29, 1.82) is 0 Å². The quantitative estimate of drug-likeness (QED) is 0.767. The average Bonchev–Trinajstić information content (AvgIpc) is 2.40. The Bertz CT molecular complexity index is 437. The molecule has 4 nitrogen and oxygen atoms in total. The van der Waals surface area contributed by atoms with E-state index in [0.717, 1.165) is 11.8 Å². The van der Waals surface area contributed by atoms with E-state index in [1.807, 2.05) is 5.92 Å². The minimum atomic E-state index is -0.970. The lowest BCUT2D eigenvalue weighted by molar-refractivity contribution is -0.143. The van der Waals surface area contributed by atoms with Crippen LogP contribution in [0, 0.1) is 41.9 Å². The maximum Gasteiger partial charge on any atom is 0.326 e. The molecule has 4 saturated carbocycles. The van der Waals surface area contributed by atoms with Gasteiger partial charge in [0.1, 0.15) is 6.04 Å². The molecule has 0 aromatic heterocycles. The Labute approximate surface area is 119 Å². The Kier molecular flexibility index (Phi) is 3.45. The van der Waals surface area contributed by atoms with Crippen LogP contribution < -0.4 is 5.32 Å². The molecular weight excluding hydrogens is 254 g/mol. The fourth-order valence-corrected chi connectivity index (χ4v) is 5.12. The van der Waals surface area contributed by atoms with Crippen molar-refractivity contribution in [2.75, 3.05) is 0 Å². The van der Waals surface area contributed by atoms with E-state index in [4.69, 9.17) is 6.42 Å². The van der Waals surface area contributed by atoms with E-state index >= 15 is 0 Å². The molecule has 1 atom stereocenters. The first-order chi connectivity index (χ1) is 9.56. The first-order valence-corrected chi connectivity index (χ1v) is 7.56. The van der Waals surface area contributed by atoms with E-state index in [9.17, 15) is 14.7 Å². The molecule has 4 aliphatic carbocycles. The van der Waals surface area contributed by atoms with Crippen LogP contribution in [0.15, 0.2) is 0 Å². The molecule has 108 valence electrons. The number of carbonyl (C=O) groups is 2. The van der Waals surface area contributed by atoms with Gasteiger partial charge in [0.2, 0.25) is 0 Å². The minimum Gasteiger partial charge on any atom is -0.480 e. The van der Waals surface area contributed by atoms with Crippen LogP contribution in [0.25, 0.3) is 0 Å². The van der Waals surface area contributed by atoms with Crippen LogP contribution in [0.2, 0.25) is 0 Å². The number of carboxylic acid groups (broad SMARTS) is 1. The van der Waals surface area contributed by atoms with Crippen molar-refractivity contribution in [3.05, 3.63) is 0 Å². The van der Waals surface area contributed by atoms with E-state index in [1.54, 1.807) is 0 Å². The molecule has 0 heterocycles. The summed E-state index contributed by atoms with van der Waals surface area (Å²) in [7, 11) is 0. The summed E-state index contributed by atoms with van der Waals surface area (Å²) in [5.74, 6) is 3.86. The molecule has 4 fully saturated rings. The van der Waals surface area contributed by atoms with Crippen molar-refractivity contribution >= 4 is 11.9 Å². The molecule has 0 aromatic carbocycles. The van der Waals surface area contributed by atoms with Crippen LogP contribution in [-0.4, -0.2) is 23.0 Å². The Balaban J connectivity index is 1.68. The van der Waals surface area contributed by atoms with Gasteiger partial charge < -0.3 is 10.4 Å². The molecule has 2 N–H and O–H groups in total. The zero-order chi connectivity index (χ0) is 14.3. The van der Waals surface area contributed by atoms with Crippen molar-refractivity contribution in [3.8, 4) is 12.3 Å². The summed E-state index contributed by atoms with van der Waals surface area (Å²) < 4.78 is 0. The molecule has 20 heavy (non-hydrogen) atoms. The highest BCUT2D eigenvalue weighted by molar-refractivity contribution is 5.95. The van der Waals surface area contributed by atoms with Gasteiger partial charge in [-0.3, -0.25) is 4.79 Å². The lowest BCUT2D eigenvalue weighted by atomic mass is 9.51. The van der Waals surface area contributed by atoms with Gasteiger partial charge in [-0.15, -0.1) is 6.42 Å². The number of hydrogen-bond acceptors (Lipinski definition) is 2. The highest BCUT2D eigenvalue weighted by Gasteiger charge is 2.48. The van der Waals surface area contributed by atoms with Gasteiger partial charge in [-0.25, -0.2) is 4.79 Å². The van der Waals surface area contributed by atoms with E-state index in [1.165, 1.54) is 32.1 Å². The highest BCUT2D eigenvalue weighted by Crippen LogP contribution is 2.57. The molecule has 0 radical (unpaired) electrons. The van der Waals surface area contributed by atoms with Gasteiger partial charge in [0.15, 0.2) is 0 Å². The molecular formula is C16H21NO3. The van der Waals surface area contributed by atoms with E-state index in [-0.39, 0.29) is 0 Å². The summed E-state index contributed by atoms with van der Waals surface area (Å²) in [5.41, 5.74) is 0. The molecule has 0 aliphatic heterocycles. The molecule has 1 amide bonds. The first-order valence-electron chi connectivity index (χ1n) is 7.56. The summed E-state index contributed by atoms with van der Waals surface area (Å²) in [4.78, 5) is 22.6. The SMILES string of the molecule is C#CC(=O)NC(CC1C2CC3CC(C2)CC1C3)C(=O)O. The van der Waals surface area contributed by atoms with Crippen LogP contribution in [-0.2, 0) is 9.59 Å². The van der Waals surface area contributed by atoms with Crippen LogP contribution in [0.5, 0.6) is 0 Å². The Hall–Kier alpha value is -1.50. The largest absolute Gasteiger partial charge is 0.480 e. The number of terminal acetylenes is 1. The van der Waals surface area contributed by atoms with Gasteiger partial charge in [-0.05, 0) is 74.0 Å². The van der Waals surface area contributed by atoms with E-state index < -0.39 is 17.9 Å². The third-order valence-electron chi connectivity index (χ3n) is 5.66. The average molecular weight is 275 g/mol. The summed E-state index contributed by atoms with van der Waals surface area (Å²) >= 11 is 0. The zero-order valence-electron chi connectivity index (χ0n) is 11.5. The van der Waals surface area contributed by atoms with Gasteiger partial charge in [-0.2, -0.15) is 0 Å². The fourth-order valence-electron chi connectivity index (χ4n) is 5.12. The third-order valence-corrected chi connectivity index (χ3v) is 5.66. The second kappa shape index (κ2) is 5.12. The highest BCUT2D eigenvalue weighted by atomic mass is 16.4. The van der Waals surface area contributed by atoms with Gasteiger partial charge in [0, 0.05) is 0 Å². The van der Waals surface area contributed by atoms with Crippen molar-refractivity contribution in [2.24, 2.45) is 29.6 Å². The number of nitrogens with one attached hydrogen (secondary N) is 1. The van der Waals surface area contributed by atoms with Crippen molar-refractivity contribution in [3.63, 3.8) is 0 Å². The van der Waals surface area contributed by atoms with E-state index in [0.29, 0.717) is 24.2 Å². The second-order valence-corrected chi connectivity index (χ2v) is 6.84. The number of aliphatic carboxylic acids is 1. The second-order valence-electron chi connectivity index (χ2n) is 6.84. The maximum atomic E-state index is 11.3. The molecule has 0 saturated heterocycles. The molecule has 0 spiro atoms. The number of carboxylic acids is 1. The Morgan fingerprint density at radius 1 is 1.15 bits per heavy atom. The number of carbonyl (C=O) groups excluding carboxylic acids is 1. The zero-order valence-corrected chi connectivity index (χ0v) is 11.5. The summed E-state index contributed by atoms with van der Waals surface area (Å²) in [6.07, 6.45) is 12.0. The lowest BCUT2D eigenvalue weighted by Gasteiger charge is -2.55. The smallest absolute Gasteiger partial charge is 0.326 e. The summed E-state index contributed by atoms with van der Waals surface area (Å²) in [6.45, 7) is 0. The Morgan fingerprint density at radius 2 is 1.70 bits per heavy atom. The molecule has 4 rings (SSSR count). The predicted octanol–water partition coefficient (Wildman–Crippen LogP) is 1.65. The van der Waals surface area contributed by atoms with Crippen LogP contribution in [0.4, 0.5) is 0 Å². The number of rotatable bonds is 4. The minimum absolute atomic E-state index is 0.446. The summed E-state index contributed by atoms with van der Waals surface area (Å²) in [5, 5.41) is 11.7. The molecule has 4 aliphatic rings. The normalized spacial score (nSPS) is 39.0. The van der Waals surface area contributed by atoms with Crippen molar-refractivity contribution in [1.82, 2.24) is 5.32 Å².